The van der Waals surface area contributed by atoms with E-state index < -0.39 is 0 Å². The molecule has 3 fully saturated rings. The van der Waals surface area contributed by atoms with E-state index in [1.165, 1.54) is 82.6 Å². The maximum atomic E-state index is 14.7. The second-order valence-corrected chi connectivity index (χ2v) is 11.5. The highest BCUT2D eigenvalue weighted by atomic mass is 19.1. The van der Waals surface area contributed by atoms with Crippen molar-refractivity contribution in [2.45, 2.75) is 110 Å². The number of aryl methyl sites for hydroxylation is 1. The number of hydrogen-bond donors (Lipinski definition) is 0. The van der Waals surface area contributed by atoms with Crippen molar-refractivity contribution >= 4 is 0 Å². The van der Waals surface area contributed by atoms with Gasteiger partial charge >= 0.3 is 0 Å². The summed E-state index contributed by atoms with van der Waals surface area (Å²) in [6.07, 6.45) is 27.4. The van der Waals surface area contributed by atoms with E-state index >= 15 is 0 Å². The van der Waals surface area contributed by atoms with Crippen LogP contribution in [0.3, 0.4) is 0 Å². The second-order valence-electron chi connectivity index (χ2n) is 11.5. The Kier molecular flexibility index (Phi) is 9.27. The van der Waals surface area contributed by atoms with E-state index in [1.807, 2.05) is 13.0 Å². The Labute approximate surface area is 203 Å². The topological polar surface area (TPSA) is 0 Å². The normalized spacial score (nSPS) is 32.9. The Morgan fingerprint density at radius 2 is 1.39 bits per heavy atom. The molecule has 4 unspecified atom stereocenters. The summed E-state index contributed by atoms with van der Waals surface area (Å²) in [6.45, 7) is 4.17. The van der Waals surface area contributed by atoms with E-state index in [4.69, 9.17) is 0 Å². The van der Waals surface area contributed by atoms with Crippen molar-refractivity contribution in [3.05, 3.63) is 59.4 Å². The zero-order chi connectivity index (χ0) is 23.0. The van der Waals surface area contributed by atoms with E-state index in [-0.39, 0.29) is 5.82 Å². The number of rotatable bonds is 8. The molecular weight excluding hydrogens is 403 g/mol. The van der Waals surface area contributed by atoms with Gasteiger partial charge in [0.15, 0.2) is 0 Å². The molecule has 0 spiro atoms. The van der Waals surface area contributed by atoms with Crippen LogP contribution in [0.15, 0.2) is 42.5 Å². The number of fused-ring (bicyclic) bond motifs is 1. The van der Waals surface area contributed by atoms with Crippen molar-refractivity contribution in [1.29, 1.82) is 0 Å². The predicted molar refractivity (Wildman–Crippen MR) is 140 cm³/mol. The summed E-state index contributed by atoms with van der Waals surface area (Å²) >= 11 is 0. The molecule has 1 aromatic carbocycles. The molecule has 0 amide bonds. The van der Waals surface area contributed by atoms with Gasteiger partial charge in [-0.3, -0.25) is 0 Å². The lowest BCUT2D eigenvalue weighted by Gasteiger charge is -2.45. The zero-order valence-corrected chi connectivity index (χ0v) is 21.3. The van der Waals surface area contributed by atoms with Gasteiger partial charge in [-0.2, -0.15) is 0 Å². The van der Waals surface area contributed by atoms with Crippen molar-refractivity contribution in [3.8, 4) is 0 Å². The summed E-state index contributed by atoms with van der Waals surface area (Å²) in [5.74, 6) is 5.41. The second kappa shape index (κ2) is 12.4. The number of benzene rings is 1. The first-order valence-corrected chi connectivity index (χ1v) is 14.2. The fourth-order valence-corrected chi connectivity index (χ4v) is 7.53. The molecule has 4 rings (SSSR count). The largest absolute Gasteiger partial charge is 0.207 e. The standard InChI is InChI=1S/C32H47F/c1-3-5-7-9-24-11-13-25(14-12-24)27-17-18-29-22-30(20-19-28(29)21-27)31-16-15-26(32(33)23-31)10-8-6-4-2/h3-6,15-16,23-25,27-30H,7-14,17-22H2,1-2H3/b5-3+,6-4+. The van der Waals surface area contributed by atoms with Gasteiger partial charge in [-0.25, -0.2) is 4.39 Å². The van der Waals surface area contributed by atoms with Crippen LogP contribution in [0.25, 0.3) is 0 Å². The highest BCUT2D eigenvalue weighted by Crippen LogP contribution is 2.51. The Balaban J connectivity index is 1.25. The summed E-state index contributed by atoms with van der Waals surface area (Å²) in [6, 6.07) is 6.17. The van der Waals surface area contributed by atoms with Gasteiger partial charge in [0.2, 0.25) is 0 Å². The molecule has 3 aliphatic carbocycles. The van der Waals surface area contributed by atoms with Crippen LogP contribution in [-0.2, 0) is 6.42 Å². The molecule has 0 aromatic heterocycles. The first kappa shape index (κ1) is 24.7. The first-order chi connectivity index (χ1) is 16.2. The van der Waals surface area contributed by atoms with Crippen LogP contribution in [-0.4, -0.2) is 0 Å². The average Bonchev–Trinajstić information content (AvgIpc) is 2.85. The lowest BCUT2D eigenvalue weighted by Crippen LogP contribution is -2.34. The molecule has 0 radical (unpaired) electrons. The quantitative estimate of drug-likeness (QED) is 0.346. The summed E-state index contributed by atoms with van der Waals surface area (Å²) in [7, 11) is 0. The van der Waals surface area contributed by atoms with E-state index in [0.29, 0.717) is 5.92 Å². The fourth-order valence-electron chi connectivity index (χ4n) is 7.53. The molecular formula is C32H47F. The van der Waals surface area contributed by atoms with Gasteiger partial charge in [0, 0.05) is 0 Å². The molecule has 0 heterocycles. The highest BCUT2D eigenvalue weighted by molar-refractivity contribution is 5.28. The number of allylic oxidation sites excluding steroid dienone is 4. The molecule has 182 valence electrons. The Hall–Kier alpha value is -1.37. The third-order valence-corrected chi connectivity index (χ3v) is 9.55. The molecule has 0 N–H and O–H groups in total. The van der Waals surface area contributed by atoms with Crippen LogP contribution < -0.4 is 0 Å². The third kappa shape index (κ3) is 6.61. The molecule has 0 bridgehead atoms. The fraction of sp³-hybridized carbons (Fsp3) is 0.688. The minimum Gasteiger partial charge on any atom is -0.207 e. The Morgan fingerprint density at radius 3 is 2.12 bits per heavy atom. The molecule has 3 aliphatic rings. The maximum absolute atomic E-state index is 14.7. The van der Waals surface area contributed by atoms with Crippen LogP contribution >= 0.6 is 0 Å². The lowest BCUT2D eigenvalue weighted by atomic mass is 9.60. The number of halogens is 1. The molecule has 0 nitrogen and oxygen atoms in total. The van der Waals surface area contributed by atoms with Crippen LogP contribution in [0.1, 0.15) is 114 Å². The van der Waals surface area contributed by atoms with E-state index in [9.17, 15) is 4.39 Å². The first-order valence-electron chi connectivity index (χ1n) is 14.2. The summed E-state index contributed by atoms with van der Waals surface area (Å²) in [5.41, 5.74) is 2.14. The van der Waals surface area contributed by atoms with Crippen LogP contribution in [0.2, 0.25) is 0 Å². The SMILES string of the molecule is C/C=C/CCc1ccc(C2CCC3CC(C4CCC(CC/C=C/C)CC4)CCC3C2)cc1F. The highest BCUT2D eigenvalue weighted by Gasteiger charge is 2.39. The molecule has 33 heavy (non-hydrogen) atoms. The summed E-state index contributed by atoms with van der Waals surface area (Å²) in [5, 5.41) is 0. The summed E-state index contributed by atoms with van der Waals surface area (Å²) < 4.78 is 14.7. The van der Waals surface area contributed by atoms with Gasteiger partial charge < -0.3 is 0 Å². The van der Waals surface area contributed by atoms with Gasteiger partial charge in [-0.05, 0) is 144 Å². The molecule has 1 aromatic rings. The van der Waals surface area contributed by atoms with Crippen molar-refractivity contribution in [2.75, 3.05) is 0 Å². The van der Waals surface area contributed by atoms with Gasteiger partial charge in [0.25, 0.3) is 0 Å². The van der Waals surface area contributed by atoms with Crippen LogP contribution in [0.4, 0.5) is 4.39 Å². The van der Waals surface area contributed by atoms with Crippen LogP contribution in [0.5, 0.6) is 0 Å². The molecule has 0 saturated heterocycles. The number of hydrogen-bond acceptors (Lipinski definition) is 0. The monoisotopic (exact) mass is 450 g/mol. The zero-order valence-electron chi connectivity index (χ0n) is 21.3. The maximum Gasteiger partial charge on any atom is 0.126 e. The molecule has 0 aliphatic heterocycles. The van der Waals surface area contributed by atoms with Crippen molar-refractivity contribution in [2.24, 2.45) is 29.6 Å². The van der Waals surface area contributed by atoms with Crippen molar-refractivity contribution < 1.29 is 4.39 Å². The summed E-state index contributed by atoms with van der Waals surface area (Å²) in [4.78, 5) is 0. The average molecular weight is 451 g/mol. The smallest absolute Gasteiger partial charge is 0.126 e. The van der Waals surface area contributed by atoms with Crippen molar-refractivity contribution in [1.82, 2.24) is 0 Å². The predicted octanol–water partition coefficient (Wildman–Crippen LogP) is 9.80. The lowest BCUT2D eigenvalue weighted by molar-refractivity contribution is 0.0713. The van der Waals surface area contributed by atoms with Gasteiger partial charge in [-0.1, -0.05) is 49.3 Å². The minimum absolute atomic E-state index is 0.0177. The van der Waals surface area contributed by atoms with Gasteiger partial charge in [0.05, 0.1) is 0 Å². The molecule has 4 atom stereocenters. The van der Waals surface area contributed by atoms with Crippen LogP contribution in [0, 0.1) is 35.4 Å². The van der Waals surface area contributed by atoms with Gasteiger partial charge in [-0.15, -0.1) is 0 Å². The molecule has 3 saturated carbocycles. The van der Waals surface area contributed by atoms with E-state index in [0.717, 1.165) is 48.0 Å². The van der Waals surface area contributed by atoms with Crippen molar-refractivity contribution in [3.63, 3.8) is 0 Å². The molecule has 1 heteroatoms. The third-order valence-electron chi connectivity index (χ3n) is 9.55. The van der Waals surface area contributed by atoms with Gasteiger partial charge in [0.1, 0.15) is 5.82 Å². The van der Waals surface area contributed by atoms with E-state index in [2.05, 4.69) is 43.4 Å². The Bertz CT molecular complexity index is 782. The minimum atomic E-state index is 0.0177. The van der Waals surface area contributed by atoms with E-state index in [1.54, 1.807) is 0 Å². The Morgan fingerprint density at radius 1 is 0.758 bits per heavy atom.